The maximum absolute atomic E-state index is 11.9. The van der Waals surface area contributed by atoms with Gasteiger partial charge in [-0.05, 0) is 31.2 Å². The van der Waals surface area contributed by atoms with E-state index in [0.29, 0.717) is 18.0 Å². The van der Waals surface area contributed by atoms with Crippen LogP contribution in [0.15, 0.2) is 34.9 Å². The number of carbonyl (C=O) groups excluding carboxylic acids is 2. The van der Waals surface area contributed by atoms with Gasteiger partial charge in [0.05, 0.1) is 12.8 Å². The van der Waals surface area contributed by atoms with Gasteiger partial charge < -0.3 is 18.6 Å². The predicted molar refractivity (Wildman–Crippen MR) is 75.6 cm³/mol. The standard InChI is InChI=1S/C15H18N2O4/c1-11-6-7-13(17(11)3)15(19)21-10-14(18)16(2)9-12-5-4-8-20-12/h4-8H,9-10H2,1-3H3. The quantitative estimate of drug-likeness (QED) is 0.787. The Bertz CT molecular complexity index is 628. The average Bonchev–Trinajstić information content (AvgIpc) is 3.07. The number of amides is 1. The van der Waals surface area contributed by atoms with E-state index in [1.54, 1.807) is 43.1 Å². The number of hydrogen-bond donors (Lipinski definition) is 0. The molecule has 6 nitrogen and oxygen atoms in total. The number of ether oxygens (including phenoxy) is 1. The summed E-state index contributed by atoms with van der Waals surface area (Å²) in [5, 5.41) is 0. The van der Waals surface area contributed by atoms with E-state index < -0.39 is 5.97 Å². The number of aryl methyl sites for hydroxylation is 1. The molecule has 0 fully saturated rings. The van der Waals surface area contributed by atoms with Crippen LogP contribution in [0, 0.1) is 6.92 Å². The Balaban J connectivity index is 1.86. The van der Waals surface area contributed by atoms with Crippen LogP contribution in [-0.4, -0.2) is 35.0 Å². The van der Waals surface area contributed by atoms with E-state index >= 15 is 0 Å². The summed E-state index contributed by atoms with van der Waals surface area (Å²) in [6, 6.07) is 7.03. The third kappa shape index (κ3) is 3.53. The first-order valence-corrected chi connectivity index (χ1v) is 6.55. The number of furan rings is 1. The van der Waals surface area contributed by atoms with E-state index in [1.165, 1.54) is 4.90 Å². The Morgan fingerprint density at radius 2 is 2.10 bits per heavy atom. The number of rotatable bonds is 5. The first-order chi connectivity index (χ1) is 9.99. The Kier molecular flexibility index (Phi) is 4.47. The highest BCUT2D eigenvalue weighted by Crippen LogP contribution is 2.08. The van der Waals surface area contributed by atoms with E-state index in [4.69, 9.17) is 9.15 Å². The highest BCUT2D eigenvalue weighted by Gasteiger charge is 2.16. The smallest absolute Gasteiger partial charge is 0.355 e. The fourth-order valence-corrected chi connectivity index (χ4v) is 1.85. The fourth-order valence-electron chi connectivity index (χ4n) is 1.85. The second-order valence-electron chi connectivity index (χ2n) is 4.82. The molecule has 2 heterocycles. The summed E-state index contributed by atoms with van der Waals surface area (Å²) in [7, 11) is 3.40. The van der Waals surface area contributed by atoms with Crippen LogP contribution in [0.5, 0.6) is 0 Å². The van der Waals surface area contributed by atoms with E-state index in [-0.39, 0.29) is 12.5 Å². The molecule has 0 spiro atoms. The normalized spacial score (nSPS) is 10.4. The monoisotopic (exact) mass is 290 g/mol. The van der Waals surface area contributed by atoms with Crippen molar-refractivity contribution < 1.29 is 18.7 Å². The van der Waals surface area contributed by atoms with Gasteiger partial charge in [-0.25, -0.2) is 4.79 Å². The van der Waals surface area contributed by atoms with Crippen molar-refractivity contribution in [1.29, 1.82) is 0 Å². The molecule has 2 aromatic rings. The molecule has 0 aliphatic rings. The molecule has 0 aliphatic carbocycles. The Morgan fingerprint density at radius 1 is 1.33 bits per heavy atom. The fraction of sp³-hybridized carbons (Fsp3) is 0.333. The van der Waals surface area contributed by atoms with E-state index in [9.17, 15) is 9.59 Å². The van der Waals surface area contributed by atoms with Crippen LogP contribution in [0.1, 0.15) is 21.9 Å². The third-order valence-corrected chi connectivity index (χ3v) is 3.31. The highest BCUT2D eigenvalue weighted by molar-refractivity contribution is 5.90. The zero-order chi connectivity index (χ0) is 15.4. The minimum atomic E-state index is -0.509. The molecular weight excluding hydrogens is 272 g/mol. The van der Waals surface area contributed by atoms with Crippen molar-refractivity contribution in [3.8, 4) is 0 Å². The van der Waals surface area contributed by atoms with Gasteiger partial charge in [0.1, 0.15) is 11.5 Å². The molecule has 0 saturated heterocycles. The Hall–Kier alpha value is -2.50. The van der Waals surface area contributed by atoms with Gasteiger partial charge in [0.2, 0.25) is 0 Å². The van der Waals surface area contributed by atoms with E-state index in [0.717, 1.165) is 5.69 Å². The molecule has 0 radical (unpaired) electrons. The van der Waals surface area contributed by atoms with Crippen molar-refractivity contribution in [2.24, 2.45) is 7.05 Å². The molecule has 112 valence electrons. The van der Waals surface area contributed by atoms with Gasteiger partial charge in [-0.1, -0.05) is 0 Å². The maximum Gasteiger partial charge on any atom is 0.355 e. The minimum absolute atomic E-state index is 0.286. The summed E-state index contributed by atoms with van der Waals surface area (Å²) in [6.07, 6.45) is 1.55. The molecule has 1 amide bonds. The second kappa shape index (κ2) is 6.30. The molecule has 0 N–H and O–H groups in total. The third-order valence-electron chi connectivity index (χ3n) is 3.31. The van der Waals surface area contributed by atoms with Crippen LogP contribution in [0.3, 0.4) is 0 Å². The molecular formula is C15H18N2O4. The molecule has 0 atom stereocenters. The largest absolute Gasteiger partial charge is 0.467 e. The summed E-state index contributed by atoms with van der Waals surface area (Å²) in [6.45, 7) is 1.94. The summed E-state index contributed by atoms with van der Waals surface area (Å²) in [5.41, 5.74) is 1.37. The Morgan fingerprint density at radius 3 is 2.67 bits per heavy atom. The van der Waals surface area contributed by atoms with Crippen molar-refractivity contribution in [2.45, 2.75) is 13.5 Å². The predicted octanol–water partition coefficient (Wildman–Crippen LogP) is 1.74. The van der Waals surface area contributed by atoms with Crippen molar-refractivity contribution >= 4 is 11.9 Å². The Labute approximate surface area is 122 Å². The first-order valence-electron chi connectivity index (χ1n) is 6.55. The van der Waals surface area contributed by atoms with Crippen LogP contribution in [0.2, 0.25) is 0 Å². The first kappa shape index (κ1) is 14.9. The van der Waals surface area contributed by atoms with E-state index in [2.05, 4.69) is 0 Å². The molecule has 2 aromatic heterocycles. The maximum atomic E-state index is 11.9. The number of aromatic nitrogens is 1. The zero-order valence-electron chi connectivity index (χ0n) is 12.3. The van der Waals surface area contributed by atoms with Gasteiger partial charge in [0.15, 0.2) is 6.61 Å². The molecule has 2 rings (SSSR count). The SMILES string of the molecule is Cc1ccc(C(=O)OCC(=O)N(C)Cc2ccco2)n1C. The second-order valence-corrected chi connectivity index (χ2v) is 4.82. The lowest BCUT2D eigenvalue weighted by Crippen LogP contribution is -2.31. The molecule has 0 aliphatic heterocycles. The number of esters is 1. The highest BCUT2D eigenvalue weighted by atomic mass is 16.5. The van der Waals surface area contributed by atoms with Gasteiger partial charge in [-0.3, -0.25) is 4.79 Å². The van der Waals surface area contributed by atoms with Crippen LogP contribution in [0.4, 0.5) is 0 Å². The minimum Gasteiger partial charge on any atom is -0.467 e. The van der Waals surface area contributed by atoms with Gasteiger partial charge in [-0.15, -0.1) is 0 Å². The van der Waals surface area contributed by atoms with Crippen LogP contribution < -0.4 is 0 Å². The van der Waals surface area contributed by atoms with Crippen LogP contribution >= 0.6 is 0 Å². The van der Waals surface area contributed by atoms with Crippen molar-refractivity contribution in [3.63, 3.8) is 0 Å². The van der Waals surface area contributed by atoms with Crippen molar-refractivity contribution in [2.75, 3.05) is 13.7 Å². The van der Waals surface area contributed by atoms with Crippen LogP contribution in [0.25, 0.3) is 0 Å². The lowest BCUT2D eigenvalue weighted by Gasteiger charge is -2.15. The number of carbonyl (C=O) groups is 2. The lowest BCUT2D eigenvalue weighted by molar-refractivity contribution is -0.134. The summed E-state index contributed by atoms with van der Waals surface area (Å²) in [5.74, 6) is -0.119. The summed E-state index contributed by atoms with van der Waals surface area (Å²) >= 11 is 0. The molecule has 21 heavy (non-hydrogen) atoms. The van der Waals surface area contributed by atoms with Gasteiger partial charge >= 0.3 is 5.97 Å². The number of nitrogens with zero attached hydrogens (tertiary/aromatic N) is 2. The molecule has 0 unspecified atom stereocenters. The van der Waals surface area contributed by atoms with E-state index in [1.807, 2.05) is 13.0 Å². The van der Waals surface area contributed by atoms with Crippen molar-refractivity contribution in [3.05, 3.63) is 47.7 Å². The van der Waals surface area contributed by atoms with Crippen molar-refractivity contribution in [1.82, 2.24) is 9.47 Å². The number of hydrogen-bond acceptors (Lipinski definition) is 4. The average molecular weight is 290 g/mol. The molecule has 0 saturated carbocycles. The van der Waals surface area contributed by atoms with Gasteiger partial charge in [-0.2, -0.15) is 0 Å². The summed E-state index contributed by atoms with van der Waals surface area (Å²) < 4.78 is 11.9. The lowest BCUT2D eigenvalue weighted by atomic mass is 10.4. The van der Waals surface area contributed by atoms with Gasteiger partial charge in [0, 0.05) is 19.8 Å². The summed E-state index contributed by atoms with van der Waals surface area (Å²) in [4.78, 5) is 25.2. The topological polar surface area (TPSA) is 64.7 Å². The number of likely N-dealkylation sites (N-methyl/N-ethyl adjacent to an activating group) is 1. The van der Waals surface area contributed by atoms with Crippen LogP contribution in [-0.2, 0) is 23.1 Å². The molecule has 0 bridgehead atoms. The zero-order valence-corrected chi connectivity index (χ0v) is 12.3. The molecule has 0 aromatic carbocycles. The molecule has 6 heteroatoms. The van der Waals surface area contributed by atoms with Gasteiger partial charge in [0.25, 0.3) is 5.91 Å².